The molecular formula is C43H54S4. The predicted molar refractivity (Wildman–Crippen MR) is 218 cm³/mol. The van der Waals surface area contributed by atoms with Crippen molar-refractivity contribution in [3.63, 3.8) is 0 Å². The van der Waals surface area contributed by atoms with Crippen LogP contribution in [0.2, 0.25) is 0 Å². The van der Waals surface area contributed by atoms with Crippen LogP contribution < -0.4 is 0 Å². The van der Waals surface area contributed by atoms with E-state index in [0.29, 0.717) is 0 Å². The zero-order chi connectivity index (χ0) is 32.8. The number of hydrogen-bond acceptors (Lipinski definition) is 4. The maximum Gasteiger partial charge on any atom is 0.0449 e. The second kappa shape index (κ2) is 16.6. The predicted octanol–water partition coefficient (Wildman–Crippen LogP) is 16.2. The molecule has 47 heavy (non-hydrogen) atoms. The number of rotatable bonds is 18. The van der Waals surface area contributed by atoms with Gasteiger partial charge in [-0.05, 0) is 106 Å². The summed E-state index contributed by atoms with van der Waals surface area (Å²) in [6.07, 6.45) is 23.2. The number of fused-ring (bicyclic) bond motifs is 2. The Morgan fingerprint density at radius 1 is 0.532 bits per heavy atom. The minimum atomic E-state index is 1.11. The summed E-state index contributed by atoms with van der Waals surface area (Å²) in [5.41, 5.74) is 7.70. The van der Waals surface area contributed by atoms with Crippen LogP contribution in [0.4, 0.5) is 0 Å². The number of hydrogen-bond donors (Lipinski definition) is 0. The fraction of sp³-hybridized carbons (Fsp3) is 0.488. The van der Waals surface area contributed by atoms with Crippen LogP contribution in [0.25, 0.3) is 46.6 Å². The van der Waals surface area contributed by atoms with Gasteiger partial charge in [0.25, 0.3) is 0 Å². The first-order chi connectivity index (χ1) is 23.0. The fourth-order valence-corrected chi connectivity index (χ4v) is 12.0. The van der Waals surface area contributed by atoms with E-state index in [-0.39, 0.29) is 0 Å². The van der Waals surface area contributed by atoms with Crippen LogP contribution in [0.1, 0.15) is 137 Å². The molecule has 5 aromatic rings. The highest BCUT2D eigenvalue weighted by atomic mass is 32.1. The van der Waals surface area contributed by atoms with Gasteiger partial charge in [-0.25, -0.2) is 0 Å². The first kappa shape index (κ1) is 34.9. The van der Waals surface area contributed by atoms with Crippen molar-refractivity contribution in [3.05, 3.63) is 73.1 Å². The Bertz CT molecular complexity index is 1740. The van der Waals surface area contributed by atoms with Crippen molar-refractivity contribution < 1.29 is 0 Å². The number of thiophene rings is 4. The smallest absolute Gasteiger partial charge is 0.0449 e. The monoisotopic (exact) mass is 698 g/mol. The Morgan fingerprint density at radius 3 is 1.64 bits per heavy atom. The second-order valence-electron chi connectivity index (χ2n) is 13.8. The third-order valence-corrected chi connectivity index (χ3v) is 14.5. The summed E-state index contributed by atoms with van der Waals surface area (Å²) in [6.45, 7) is 11.6. The highest BCUT2D eigenvalue weighted by molar-refractivity contribution is 7.24. The maximum atomic E-state index is 2.59. The van der Waals surface area contributed by atoms with Crippen molar-refractivity contribution >= 4 is 71.1 Å². The zero-order valence-electron chi connectivity index (χ0n) is 29.5. The SMILES string of the molecule is CCCCCCC1=C(C)CC(c2cc3c(-c4ccc(CCCCCC)s4)c4sc(C)cc4c(-c4ccc(CCCCCC)s4)c3s2)=C1. The first-order valence-electron chi connectivity index (χ1n) is 18.6. The molecular weight excluding hydrogens is 645 g/mol. The van der Waals surface area contributed by atoms with E-state index in [9.17, 15) is 0 Å². The van der Waals surface area contributed by atoms with Crippen molar-refractivity contribution in [2.45, 2.75) is 137 Å². The van der Waals surface area contributed by atoms with Crippen LogP contribution in [-0.4, -0.2) is 0 Å². The molecule has 0 unspecified atom stereocenters. The number of benzene rings is 1. The molecule has 0 nitrogen and oxygen atoms in total. The normalized spacial score (nSPS) is 13.6. The zero-order valence-corrected chi connectivity index (χ0v) is 32.8. The third-order valence-electron chi connectivity index (χ3n) is 9.92. The molecule has 4 heteroatoms. The van der Waals surface area contributed by atoms with Crippen molar-refractivity contribution in [1.82, 2.24) is 0 Å². The summed E-state index contributed by atoms with van der Waals surface area (Å²) >= 11 is 8.17. The second-order valence-corrected chi connectivity index (χ2v) is 18.5. The van der Waals surface area contributed by atoms with Gasteiger partial charge in [0, 0.05) is 60.6 Å². The molecule has 0 bridgehead atoms. The standard InChI is InChI=1S/C43H54S4/c1-6-9-12-15-18-31-27-32(25-29(31)4)39-28-36-41(38-24-22-34(46-38)20-17-14-11-8-3)42-35(26-30(5)44-42)40(43(36)47-39)37-23-21-33(45-37)19-16-13-10-7-2/h21-24,26-28H,6-20,25H2,1-5H3. The third kappa shape index (κ3) is 8.09. The first-order valence-corrected chi connectivity index (χ1v) is 21.8. The molecule has 0 atom stereocenters. The molecule has 0 aliphatic heterocycles. The fourth-order valence-electron chi connectivity index (χ4n) is 7.26. The highest BCUT2D eigenvalue weighted by Gasteiger charge is 2.25. The topological polar surface area (TPSA) is 0 Å². The number of unbranched alkanes of at least 4 members (excludes halogenated alkanes) is 9. The van der Waals surface area contributed by atoms with E-state index in [1.54, 1.807) is 20.9 Å². The molecule has 6 rings (SSSR count). The van der Waals surface area contributed by atoms with Gasteiger partial charge in [0.15, 0.2) is 0 Å². The van der Waals surface area contributed by atoms with E-state index >= 15 is 0 Å². The molecule has 1 aromatic carbocycles. The van der Waals surface area contributed by atoms with Gasteiger partial charge in [-0.3, -0.25) is 0 Å². The van der Waals surface area contributed by atoms with Gasteiger partial charge < -0.3 is 0 Å². The molecule has 0 N–H and O–H groups in total. The van der Waals surface area contributed by atoms with Crippen LogP contribution in [0.5, 0.6) is 0 Å². The minimum Gasteiger partial charge on any atom is -0.140 e. The Labute approximate surface area is 300 Å². The quantitative estimate of drug-likeness (QED) is 0.0799. The van der Waals surface area contributed by atoms with E-state index in [0.717, 1.165) is 6.42 Å². The van der Waals surface area contributed by atoms with Crippen LogP contribution in [0.15, 0.2) is 53.6 Å². The lowest BCUT2D eigenvalue weighted by molar-refractivity contribution is 0.667. The Hall–Kier alpha value is -1.98. The molecule has 1 aliphatic carbocycles. The summed E-state index contributed by atoms with van der Waals surface area (Å²) in [5.74, 6) is 0. The molecule has 0 fully saturated rings. The highest BCUT2D eigenvalue weighted by Crippen LogP contribution is 2.53. The molecule has 0 saturated carbocycles. The Morgan fingerprint density at radius 2 is 1.06 bits per heavy atom. The summed E-state index contributed by atoms with van der Waals surface area (Å²) in [4.78, 5) is 8.89. The Balaban J connectivity index is 1.44. The van der Waals surface area contributed by atoms with Gasteiger partial charge in [0.05, 0.1) is 0 Å². The van der Waals surface area contributed by atoms with Crippen molar-refractivity contribution in [3.8, 4) is 20.9 Å². The van der Waals surface area contributed by atoms with Crippen LogP contribution in [0.3, 0.4) is 0 Å². The van der Waals surface area contributed by atoms with Crippen LogP contribution in [0, 0.1) is 6.92 Å². The van der Waals surface area contributed by atoms with E-state index in [1.807, 2.05) is 34.0 Å². The molecule has 4 aromatic heterocycles. The van der Waals surface area contributed by atoms with E-state index in [2.05, 4.69) is 88.4 Å². The lowest BCUT2D eigenvalue weighted by Gasteiger charge is -2.09. The largest absolute Gasteiger partial charge is 0.140 e. The summed E-state index contributed by atoms with van der Waals surface area (Å²) in [5, 5.41) is 2.94. The number of allylic oxidation sites excluding steroid dienone is 4. The van der Waals surface area contributed by atoms with Gasteiger partial charge in [-0.15, -0.1) is 45.3 Å². The van der Waals surface area contributed by atoms with Crippen molar-refractivity contribution in [2.24, 2.45) is 0 Å². The van der Waals surface area contributed by atoms with Crippen LogP contribution >= 0.6 is 45.3 Å². The molecule has 250 valence electrons. The van der Waals surface area contributed by atoms with Crippen LogP contribution in [-0.2, 0) is 12.8 Å². The Kier molecular flexibility index (Phi) is 12.3. The average molecular weight is 699 g/mol. The van der Waals surface area contributed by atoms with E-state index < -0.39 is 0 Å². The maximum absolute atomic E-state index is 2.59. The molecule has 0 saturated heterocycles. The minimum absolute atomic E-state index is 1.11. The lowest BCUT2D eigenvalue weighted by atomic mass is 9.99. The summed E-state index contributed by atoms with van der Waals surface area (Å²) in [6, 6.07) is 14.8. The van der Waals surface area contributed by atoms with Gasteiger partial charge in [-0.1, -0.05) is 90.2 Å². The van der Waals surface area contributed by atoms with E-state index in [4.69, 9.17) is 0 Å². The van der Waals surface area contributed by atoms with Crippen molar-refractivity contribution in [2.75, 3.05) is 0 Å². The van der Waals surface area contributed by atoms with E-state index in [1.165, 1.54) is 153 Å². The molecule has 0 amide bonds. The van der Waals surface area contributed by atoms with Gasteiger partial charge in [0.2, 0.25) is 0 Å². The summed E-state index contributed by atoms with van der Waals surface area (Å²) in [7, 11) is 0. The van der Waals surface area contributed by atoms with Gasteiger partial charge in [0.1, 0.15) is 0 Å². The molecule has 0 spiro atoms. The van der Waals surface area contributed by atoms with Gasteiger partial charge in [-0.2, -0.15) is 0 Å². The average Bonchev–Trinajstić information content (AvgIpc) is 3.90. The summed E-state index contributed by atoms with van der Waals surface area (Å²) < 4.78 is 2.98. The number of aryl methyl sites for hydroxylation is 3. The van der Waals surface area contributed by atoms with Crippen molar-refractivity contribution in [1.29, 1.82) is 0 Å². The molecule has 4 heterocycles. The lowest BCUT2D eigenvalue weighted by Crippen LogP contribution is -1.82. The molecule has 0 radical (unpaired) electrons. The van der Waals surface area contributed by atoms with Gasteiger partial charge >= 0.3 is 0 Å². The molecule has 1 aliphatic rings.